The Morgan fingerprint density at radius 2 is 1.92 bits per heavy atom. The second-order valence-electron chi connectivity index (χ2n) is 5.69. The molecule has 0 saturated heterocycles. The van der Waals surface area contributed by atoms with E-state index in [9.17, 15) is 13.7 Å². The lowest BCUT2D eigenvalue weighted by Crippen LogP contribution is -2.40. The molecule has 0 aliphatic carbocycles. The largest absolute Gasteiger partial charge is 0.245 e. The predicted octanol–water partition coefficient (Wildman–Crippen LogP) is 4.02. The van der Waals surface area contributed by atoms with E-state index in [4.69, 9.17) is 0 Å². The van der Waals surface area contributed by atoms with Gasteiger partial charge >= 0.3 is 0 Å². The van der Waals surface area contributed by atoms with Gasteiger partial charge in [0.15, 0.2) is 0 Å². The molecule has 1 aromatic carbocycles. The summed E-state index contributed by atoms with van der Waals surface area (Å²) in [6.07, 6.45) is 0.697. The number of nitrogens with zero attached hydrogens (tertiary/aromatic N) is 2. The van der Waals surface area contributed by atoms with Gasteiger partial charge in [0.05, 0.1) is 16.5 Å². The third kappa shape index (κ3) is 2.71. The van der Waals surface area contributed by atoms with Gasteiger partial charge in [0.25, 0.3) is 0 Å². The number of hydrogen-bond acceptors (Lipinski definition) is 5. The highest BCUT2D eigenvalue weighted by molar-refractivity contribution is 7.89. The van der Waals surface area contributed by atoms with Crippen LogP contribution in [0.1, 0.15) is 26.9 Å². The van der Waals surface area contributed by atoms with Crippen molar-refractivity contribution in [2.75, 3.05) is 6.54 Å². The van der Waals surface area contributed by atoms with Gasteiger partial charge in [-0.2, -0.15) is 9.57 Å². The molecule has 0 saturated carbocycles. The van der Waals surface area contributed by atoms with E-state index < -0.39 is 10.0 Å². The van der Waals surface area contributed by atoms with Crippen LogP contribution in [0.25, 0.3) is 0 Å². The van der Waals surface area contributed by atoms with E-state index in [1.54, 1.807) is 45.2 Å². The molecule has 3 aromatic rings. The summed E-state index contributed by atoms with van der Waals surface area (Å²) in [5, 5.41) is 13.3. The van der Waals surface area contributed by atoms with Crippen LogP contribution < -0.4 is 0 Å². The fourth-order valence-corrected chi connectivity index (χ4v) is 6.76. The van der Waals surface area contributed by atoms with Gasteiger partial charge in [0, 0.05) is 16.3 Å². The first-order valence-electron chi connectivity index (χ1n) is 7.73. The molecule has 1 aliphatic heterocycles. The first-order chi connectivity index (χ1) is 12.1. The van der Waals surface area contributed by atoms with Gasteiger partial charge in [0.2, 0.25) is 10.0 Å². The van der Waals surface area contributed by atoms with Crippen LogP contribution in [-0.4, -0.2) is 19.3 Å². The molecule has 0 amide bonds. The summed E-state index contributed by atoms with van der Waals surface area (Å²) in [5.41, 5.74) is 1.24. The van der Waals surface area contributed by atoms with E-state index in [0.29, 0.717) is 13.0 Å². The van der Waals surface area contributed by atoms with E-state index in [1.165, 1.54) is 10.9 Å². The molecular formula is C18H14N2O2S3. The summed E-state index contributed by atoms with van der Waals surface area (Å²) in [6.45, 7) is 0.415. The Balaban J connectivity index is 1.88. The fourth-order valence-electron chi connectivity index (χ4n) is 3.20. The van der Waals surface area contributed by atoms with E-state index in [0.717, 1.165) is 10.4 Å². The van der Waals surface area contributed by atoms with E-state index in [-0.39, 0.29) is 16.5 Å². The number of fused-ring (bicyclic) bond motifs is 1. The van der Waals surface area contributed by atoms with Gasteiger partial charge in [-0.05, 0) is 47.0 Å². The van der Waals surface area contributed by atoms with Gasteiger partial charge in [-0.1, -0.05) is 18.2 Å². The molecule has 25 heavy (non-hydrogen) atoms. The molecule has 0 bridgehead atoms. The summed E-state index contributed by atoms with van der Waals surface area (Å²) in [5.74, 6) is 0. The number of benzene rings is 1. The molecule has 0 spiro atoms. The minimum Gasteiger partial charge on any atom is -0.207 e. The molecule has 4 nitrogen and oxygen atoms in total. The molecule has 2 aromatic heterocycles. The Morgan fingerprint density at radius 1 is 1.08 bits per heavy atom. The molecule has 0 N–H and O–H groups in total. The van der Waals surface area contributed by atoms with Crippen molar-refractivity contribution >= 4 is 32.7 Å². The van der Waals surface area contributed by atoms with Crippen molar-refractivity contribution in [2.24, 2.45) is 0 Å². The molecule has 0 fully saturated rings. The SMILES string of the molecule is N#Cc1ccccc1S(=O)(=O)N1CCc2sccc2C1c1cccs1. The van der Waals surface area contributed by atoms with Crippen molar-refractivity contribution in [3.05, 3.63) is 74.1 Å². The molecule has 1 atom stereocenters. The normalized spacial score (nSPS) is 17.8. The van der Waals surface area contributed by atoms with Gasteiger partial charge < -0.3 is 0 Å². The number of thiophene rings is 2. The lowest BCUT2D eigenvalue weighted by molar-refractivity contribution is 0.350. The smallest absolute Gasteiger partial charge is 0.207 e. The van der Waals surface area contributed by atoms with E-state index in [2.05, 4.69) is 0 Å². The Bertz CT molecular complexity index is 1050. The molecule has 3 heterocycles. The lowest BCUT2D eigenvalue weighted by atomic mass is 10.0. The van der Waals surface area contributed by atoms with Crippen molar-refractivity contribution in [1.82, 2.24) is 4.31 Å². The van der Waals surface area contributed by atoms with E-state index in [1.807, 2.05) is 35.0 Å². The van der Waals surface area contributed by atoms with Crippen molar-refractivity contribution in [2.45, 2.75) is 17.4 Å². The third-order valence-electron chi connectivity index (χ3n) is 4.33. The Labute approximate surface area is 154 Å². The van der Waals surface area contributed by atoms with Crippen LogP contribution in [0.2, 0.25) is 0 Å². The topological polar surface area (TPSA) is 61.2 Å². The average Bonchev–Trinajstić information content (AvgIpc) is 3.32. The van der Waals surface area contributed by atoms with Gasteiger partial charge in [-0.25, -0.2) is 8.42 Å². The van der Waals surface area contributed by atoms with Crippen LogP contribution in [0.15, 0.2) is 58.1 Å². The monoisotopic (exact) mass is 386 g/mol. The van der Waals surface area contributed by atoms with Crippen molar-refractivity contribution in [1.29, 1.82) is 5.26 Å². The van der Waals surface area contributed by atoms with E-state index >= 15 is 0 Å². The Morgan fingerprint density at radius 3 is 2.68 bits per heavy atom. The lowest BCUT2D eigenvalue weighted by Gasteiger charge is -2.34. The van der Waals surface area contributed by atoms with Crippen LogP contribution in [0.4, 0.5) is 0 Å². The van der Waals surface area contributed by atoms with Gasteiger partial charge in [0.1, 0.15) is 6.07 Å². The Hall–Kier alpha value is -1.98. The fraction of sp³-hybridized carbons (Fsp3) is 0.167. The average molecular weight is 387 g/mol. The highest BCUT2D eigenvalue weighted by Crippen LogP contribution is 2.42. The maximum Gasteiger partial charge on any atom is 0.245 e. The minimum absolute atomic E-state index is 0.0812. The summed E-state index contributed by atoms with van der Waals surface area (Å²) in [7, 11) is -3.78. The van der Waals surface area contributed by atoms with Crippen molar-refractivity contribution in [3.8, 4) is 6.07 Å². The molecule has 126 valence electrons. The molecule has 7 heteroatoms. The maximum atomic E-state index is 13.4. The molecule has 1 unspecified atom stereocenters. The number of hydrogen-bond donors (Lipinski definition) is 0. The van der Waals surface area contributed by atoms with Crippen LogP contribution in [-0.2, 0) is 16.4 Å². The van der Waals surface area contributed by atoms with Crippen LogP contribution in [0, 0.1) is 11.3 Å². The standard InChI is InChI=1S/C18H14N2O2S3/c19-12-13-4-1-2-6-17(13)25(21,22)20-9-7-15-14(8-11-24-15)18(20)16-5-3-10-23-16/h1-6,8,10-11,18H,7,9H2. The summed E-state index contributed by atoms with van der Waals surface area (Å²) in [4.78, 5) is 2.31. The second-order valence-corrected chi connectivity index (χ2v) is 9.53. The van der Waals surface area contributed by atoms with Gasteiger partial charge in [-0.3, -0.25) is 0 Å². The third-order valence-corrected chi connectivity index (χ3v) is 8.17. The highest BCUT2D eigenvalue weighted by Gasteiger charge is 2.39. The summed E-state index contributed by atoms with van der Waals surface area (Å²) < 4.78 is 28.3. The first kappa shape index (κ1) is 16.5. The van der Waals surface area contributed by atoms with Crippen LogP contribution in [0.5, 0.6) is 0 Å². The van der Waals surface area contributed by atoms with Crippen molar-refractivity contribution < 1.29 is 8.42 Å². The predicted molar refractivity (Wildman–Crippen MR) is 99.2 cm³/mol. The summed E-state index contributed by atoms with van der Waals surface area (Å²) in [6, 6.07) is 14.0. The van der Waals surface area contributed by atoms with Crippen LogP contribution in [0.3, 0.4) is 0 Å². The Kier molecular flexibility index (Phi) is 4.21. The summed E-state index contributed by atoms with van der Waals surface area (Å²) >= 11 is 3.23. The zero-order valence-corrected chi connectivity index (χ0v) is 15.6. The second kappa shape index (κ2) is 6.39. The highest BCUT2D eigenvalue weighted by atomic mass is 32.2. The van der Waals surface area contributed by atoms with Crippen LogP contribution >= 0.6 is 22.7 Å². The molecular weight excluding hydrogens is 372 g/mol. The molecule has 1 aliphatic rings. The quantitative estimate of drug-likeness (QED) is 0.683. The number of sulfonamides is 1. The first-order valence-corrected chi connectivity index (χ1v) is 10.9. The molecule has 0 radical (unpaired) electrons. The number of rotatable bonds is 3. The van der Waals surface area contributed by atoms with Gasteiger partial charge in [-0.15, -0.1) is 22.7 Å². The molecule has 4 rings (SSSR count). The minimum atomic E-state index is -3.78. The van der Waals surface area contributed by atoms with Crippen molar-refractivity contribution in [3.63, 3.8) is 0 Å². The zero-order valence-electron chi connectivity index (χ0n) is 13.1. The number of nitriles is 1. The zero-order chi connectivity index (χ0) is 17.4. The maximum absolute atomic E-state index is 13.4.